The number of hydrogen-bond donors (Lipinski definition) is 0. The van der Waals surface area contributed by atoms with E-state index in [0.717, 1.165) is 21.3 Å². The molecule has 0 saturated heterocycles. The van der Waals surface area contributed by atoms with E-state index in [1.807, 2.05) is 59.2 Å². The zero-order valence-corrected chi connectivity index (χ0v) is 13.1. The molecule has 0 radical (unpaired) electrons. The second-order valence-electron chi connectivity index (χ2n) is 4.92. The minimum atomic E-state index is -0.0326. The SMILES string of the molecule is O=c1sc2ccccc2c2c1nc(CCl)n2-c1ccccc1. The summed E-state index contributed by atoms with van der Waals surface area (Å²) >= 11 is 7.30. The van der Waals surface area contributed by atoms with Crippen molar-refractivity contribution in [3.8, 4) is 5.69 Å². The van der Waals surface area contributed by atoms with E-state index in [4.69, 9.17) is 11.6 Å². The molecule has 5 heteroatoms. The van der Waals surface area contributed by atoms with Crippen molar-refractivity contribution in [2.45, 2.75) is 5.88 Å². The second-order valence-corrected chi connectivity index (χ2v) is 6.20. The molecule has 2 aromatic heterocycles. The van der Waals surface area contributed by atoms with E-state index in [9.17, 15) is 4.79 Å². The Morgan fingerprint density at radius 3 is 2.55 bits per heavy atom. The summed E-state index contributed by atoms with van der Waals surface area (Å²) in [5, 5.41) is 1.02. The second kappa shape index (κ2) is 5.23. The van der Waals surface area contributed by atoms with Crippen molar-refractivity contribution < 1.29 is 0 Å². The van der Waals surface area contributed by atoms with Gasteiger partial charge in [0.15, 0.2) is 0 Å². The van der Waals surface area contributed by atoms with Crippen molar-refractivity contribution in [1.29, 1.82) is 0 Å². The zero-order chi connectivity index (χ0) is 15.1. The first-order valence-electron chi connectivity index (χ1n) is 6.84. The Morgan fingerprint density at radius 2 is 1.77 bits per heavy atom. The molecule has 4 aromatic rings. The number of halogens is 1. The lowest BCUT2D eigenvalue weighted by Gasteiger charge is -2.08. The fraction of sp³-hybridized carbons (Fsp3) is 0.0588. The van der Waals surface area contributed by atoms with Crippen LogP contribution in [-0.2, 0) is 5.88 Å². The molecule has 0 aliphatic carbocycles. The Bertz CT molecular complexity index is 1040. The van der Waals surface area contributed by atoms with Gasteiger partial charge in [-0.3, -0.25) is 9.36 Å². The van der Waals surface area contributed by atoms with Crippen molar-refractivity contribution in [1.82, 2.24) is 9.55 Å². The Balaban J connectivity index is 2.26. The summed E-state index contributed by atoms with van der Waals surface area (Å²) in [7, 11) is 0. The first kappa shape index (κ1) is 13.5. The number of benzene rings is 2. The first-order chi connectivity index (χ1) is 10.8. The van der Waals surface area contributed by atoms with E-state index in [1.54, 1.807) is 0 Å². The van der Waals surface area contributed by atoms with Gasteiger partial charge in [-0.2, -0.15) is 0 Å². The van der Waals surface area contributed by atoms with Crippen molar-refractivity contribution in [2.24, 2.45) is 0 Å². The third-order valence-electron chi connectivity index (χ3n) is 3.62. The van der Waals surface area contributed by atoms with Crippen LogP contribution in [0.15, 0.2) is 59.4 Å². The third-order valence-corrected chi connectivity index (χ3v) is 4.81. The quantitative estimate of drug-likeness (QED) is 0.514. The standard InChI is InChI=1S/C17H11ClN2OS/c18-10-14-19-15-16(20(14)11-6-2-1-3-7-11)12-8-4-5-9-13(12)22-17(15)21/h1-9H,10H2. The van der Waals surface area contributed by atoms with Gasteiger partial charge in [0.05, 0.1) is 11.4 Å². The van der Waals surface area contributed by atoms with E-state index >= 15 is 0 Å². The van der Waals surface area contributed by atoms with Gasteiger partial charge in [0.2, 0.25) is 0 Å². The molecular formula is C17H11ClN2OS. The van der Waals surface area contributed by atoms with E-state index in [-0.39, 0.29) is 10.6 Å². The molecule has 22 heavy (non-hydrogen) atoms. The predicted molar refractivity (Wildman–Crippen MR) is 92.3 cm³/mol. The number of nitrogens with zero attached hydrogens (tertiary/aromatic N) is 2. The molecular weight excluding hydrogens is 316 g/mol. The summed E-state index contributed by atoms with van der Waals surface area (Å²) in [4.78, 5) is 16.9. The Kier molecular flexibility index (Phi) is 3.21. The highest BCUT2D eigenvalue weighted by Gasteiger charge is 2.17. The molecule has 0 atom stereocenters. The maximum Gasteiger partial charge on any atom is 0.260 e. The highest BCUT2D eigenvalue weighted by Crippen LogP contribution is 2.29. The summed E-state index contributed by atoms with van der Waals surface area (Å²) in [6.07, 6.45) is 0. The van der Waals surface area contributed by atoms with Crippen LogP contribution in [0.3, 0.4) is 0 Å². The fourth-order valence-electron chi connectivity index (χ4n) is 2.70. The number of imidazole rings is 1. The molecule has 0 aliphatic heterocycles. The predicted octanol–water partition coefficient (Wildman–Crippen LogP) is 4.34. The zero-order valence-electron chi connectivity index (χ0n) is 11.5. The van der Waals surface area contributed by atoms with Gasteiger partial charge >= 0.3 is 0 Å². The van der Waals surface area contributed by atoms with E-state index < -0.39 is 0 Å². The molecule has 108 valence electrons. The number of rotatable bonds is 2. The number of fused-ring (bicyclic) bond motifs is 3. The molecule has 0 spiro atoms. The largest absolute Gasteiger partial charge is 0.294 e. The monoisotopic (exact) mass is 326 g/mol. The molecule has 0 aliphatic rings. The maximum atomic E-state index is 12.4. The van der Waals surface area contributed by atoms with E-state index in [1.165, 1.54) is 11.3 Å². The molecule has 0 saturated carbocycles. The topological polar surface area (TPSA) is 34.9 Å². The molecule has 0 unspecified atom stereocenters. The van der Waals surface area contributed by atoms with Crippen LogP contribution in [-0.4, -0.2) is 9.55 Å². The molecule has 2 aromatic carbocycles. The van der Waals surface area contributed by atoms with Crippen molar-refractivity contribution in [2.75, 3.05) is 0 Å². The Hall–Kier alpha value is -2.17. The van der Waals surface area contributed by atoms with Crippen molar-refractivity contribution in [3.63, 3.8) is 0 Å². The van der Waals surface area contributed by atoms with Gasteiger partial charge in [-0.05, 0) is 18.2 Å². The van der Waals surface area contributed by atoms with Gasteiger partial charge < -0.3 is 0 Å². The van der Waals surface area contributed by atoms with Crippen LogP contribution < -0.4 is 4.74 Å². The highest BCUT2D eigenvalue weighted by molar-refractivity contribution is 7.16. The highest BCUT2D eigenvalue weighted by atomic mass is 35.5. The molecule has 0 N–H and O–H groups in total. The van der Waals surface area contributed by atoms with Crippen LogP contribution >= 0.6 is 22.9 Å². The summed E-state index contributed by atoms with van der Waals surface area (Å²) in [5.41, 5.74) is 2.28. The molecule has 0 bridgehead atoms. The van der Waals surface area contributed by atoms with Crippen LogP contribution in [0.2, 0.25) is 0 Å². The van der Waals surface area contributed by atoms with Gasteiger partial charge in [-0.1, -0.05) is 47.7 Å². The number of alkyl halides is 1. The van der Waals surface area contributed by atoms with Gasteiger partial charge in [0, 0.05) is 15.8 Å². The molecule has 3 nitrogen and oxygen atoms in total. The summed E-state index contributed by atoms with van der Waals surface area (Å²) in [5.74, 6) is 0.936. The Morgan fingerprint density at radius 1 is 1.05 bits per heavy atom. The van der Waals surface area contributed by atoms with Crippen LogP contribution in [0, 0.1) is 0 Å². The maximum absolute atomic E-state index is 12.4. The summed E-state index contributed by atoms with van der Waals surface area (Å²) < 4.78 is 2.91. The lowest BCUT2D eigenvalue weighted by Crippen LogP contribution is -2.00. The molecule has 2 heterocycles. The lowest BCUT2D eigenvalue weighted by atomic mass is 10.2. The number of para-hydroxylation sites is 1. The minimum absolute atomic E-state index is 0.0326. The van der Waals surface area contributed by atoms with E-state index in [2.05, 4.69) is 4.98 Å². The smallest absolute Gasteiger partial charge is 0.260 e. The van der Waals surface area contributed by atoms with Crippen molar-refractivity contribution in [3.05, 3.63) is 70.0 Å². The van der Waals surface area contributed by atoms with Gasteiger partial charge in [-0.15, -0.1) is 11.6 Å². The van der Waals surface area contributed by atoms with Gasteiger partial charge in [0.1, 0.15) is 11.3 Å². The van der Waals surface area contributed by atoms with Crippen LogP contribution in [0.5, 0.6) is 0 Å². The Labute approximate surface area is 135 Å². The first-order valence-corrected chi connectivity index (χ1v) is 8.19. The number of hydrogen-bond acceptors (Lipinski definition) is 3. The van der Waals surface area contributed by atoms with Crippen LogP contribution in [0.1, 0.15) is 5.82 Å². The van der Waals surface area contributed by atoms with Gasteiger partial charge in [-0.25, -0.2) is 4.98 Å². The third kappa shape index (κ3) is 1.95. The molecule has 0 fully saturated rings. The van der Waals surface area contributed by atoms with Crippen LogP contribution in [0.4, 0.5) is 0 Å². The van der Waals surface area contributed by atoms with E-state index in [0.29, 0.717) is 11.3 Å². The number of aromatic nitrogens is 2. The minimum Gasteiger partial charge on any atom is -0.294 e. The van der Waals surface area contributed by atoms with Gasteiger partial charge in [0.25, 0.3) is 4.74 Å². The summed E-state index contributed by atoms with van der Waals surface area (Å²) in [6.45, 7) is 0. The summed E-state index contributed by atoms with van der Waals surface area (Å²) in [6, 6.07) is 17.8. The lowest BCUT2D eigenvalue weighted by molar-refractivity contribution is 0.984. The average molecular weight is 327 g/mol. The van der Waals surface area contributed by atoms with Crippen LogP contribution in [0.25, 0.3) is 26.8 Å². The average Bonchev–Trinajstić information content (AvgIpc) is 2.96. The molecule has 0 amide bonds. The molecule has 4 rings (SSSR count). The normalized spacial score (nSPS) is 11.3. The van der Waals surface area contributed by atoms with Crippen molar-refractivity contribution >= 4 is 44.1 Å². The fourth-order valence-corrected chi connectivity index (χ4v) is 3.74.